The van der Waals surface area contributed by atoms with Gasteiger partial charge in [-0.3, -0.25) is 4.99 Å². The zero-order valence-corrected chi connectivity index (χ0v) is 13.7. The Morgan fingerprint density at radius 1 is 1.30 bits per heavy atom. The van der Waals surface area contributed by atoms with Crippen molar-refractivity contribution in [2.75, 3.05) is 0 Å². The van der Waals surface area contributed by atoms with Gasteiger partial charge in [-0.05, 0) is 44.3 Å². The zero-order chi connectivity index (χ0) is 14.8. The van der Waals surface area contributed by atoms with E-state index in [0.29, 0.717) is 0 Å². The van der Waals surface area contributed by atoms with E-state index in [4.69, 9.17) is 4.43 Å². The second-order valence-corrected chi connectivity index (χ2v) is 10.3. The highest BCUT2D eigenvalue weighted by molar-refractivity contribution is 6.70. The standard InChI is InChI=1S/C15H21N3OSi/c1-12-6-7-14(15(8-12)19-20(3,4)5)16-9-13-10-18(2)11-17-13/h6-11H,1-5H3. The number of nitrogens with zero attached hydrogens (tertiary/aromatic N) is 3. The lowest BCUT2D eigenvalue weighted by atomic mass is 10.2. The minimum Gasteiger partial charge on any atom is -0.543 e. The first kappa shape index (κ1) is 14.5. The van der Waals surface area contributed by atoms with E-state index in [-0.39, 0.29) is 0 Å². The van der Waals surface area contributed by atoms with E-state index in [1.807, 2.05) is 36.0 Å². The van der Waals surface area contributed by atoms with Crippen LogP contribution in [0.4, 0.5) is 5.69 Å². The van der Waals surface area contributed by atoms with Crippen LogP contribution in [0.2, 0.25) is 19.6 Å². The molecule has 0 aliphatic carbocycles. The van der Waals surface area contributed by atoms with Crippen molar-refractivity contribution in [3.05, 3.63) is 42.0 Å². The van der Waals surface area contributed by atoms with E-state index in [2.05, 4.69) is 36.5 Å². The van der Waals surface area contributed by atoms with Crippen molar-refractivity contribution in [2.45, 2.75) is 26.6 Å². The summed E-state index contributed by atoms with van der Waals surface area (Å²) in [5.74, 6) is 0.858. The summed E-state index contributed by atoms with van der Waals surface area (Å²) < 4.78 is 8.01. The molecule has 2 rings (SSSR count). The van der Waals surface area contributed by atoms with Crippen molar-refractivity contribution in [1.29, 1.82) is 0 Å². The van der Waals surface area contributed by atoms with Gasteiger partial charge in [-0.2, -0.15) is 0 Å². The lowest BCUT2D eigenvalue weighted by Crippen LogP contribution is -2.29. The Morgan fingerprint density at radius 2 is 2.05 bits per heavy atom. The Balaban J connectivity index is 2.29. The van der Waals surface area contributed by atoms with Crippen LogP contribution < -0.4 is 4.43 Å². The molecule has 1 aromatic carbocycles. The van der Waals surface area contributed by atoms with Gasteiger partial charge in [-0.1, -0.05) is 6.07 Å². The summed E-state index contributed by atoms with van der Waals surface area (Å²) in [5, 5.41) is 0. The van der Waals surface area contributed by atoms with Crippen molar-refractivity contribution in [3.63, 3.8) is 0 Å². The summed E-state index contributed by atoms with van der Waals surface area (Å²) in [6, 6.07) is 6.08. The van der Waals surface area contributed by atoms with Crippen LogP contribution in [-0.4, -0.2) is 24.1 Å². The number of hydrogen-bond acceptors (Lipinski definition) is 3. The van der Waals surface area contributed by atoms with Crippen LogP contribution >= 0.6 is 0 Å². The summed E-state index contributed by atoms with van der Waals surface area (Å²) in [4.78, 5) is 8.75. The summed E-state index contributed by atoms with van der Waals surface area (Å²) in [6.07, 6.45) is 5.45. The average molecular weight is 287 g/mol. The molecule has 106 valence electrons. The van der Waals surface area contributed by atoms with Crippen LogP contribution in [-0.2, 0) is 7.05 Å². The van der Waals surface area contributed by atoms with E-state index in [0.717, 1.165) is 17.1 Å². The Morgan fingerprint density at radius 3 is 2.65 bits per heavy atom. The molecule has 0 saturated carbocycles. The van der Waals surface area contributed by atoms with Gasteiger partial charge in [0, 0.05) is 13.2 Å². The quantitative estimate of drug-likeness (QED) is 0.635. The number of imidazole rings is 1. The monoisotopic (exact) mass is 287 g/mol. The van der Waals surface area contributed by atoms with Gasteiger partial charge in [-0.15, -0.1) is 0 Å². The fraction of sp³-hybridized carbons (Fsp3) is 0.333. The molecule has 0 aliphatic heterocycles. The maximum Gasteiger partial charge on any atom is 0.242 e. The molecule has 0 fully saturated rings. The Bertz CT molecular complexity index is 626. The third-order valence-corrected chi connectivity index (χ3v) is 3.42. The van der Waals surface area contributed by atoms with Crippen LogP contribution in [0.15, 0.2) is 35.7 Å². The molecule has 0 amide bonds. The van der Waals surface area contributed by atoms with E-state index >= 15 is 0 Å². The number of hydrogen-bond donors (Lipinski definition) is 0. The molecule has 4 nitrogen and oxygen atoms in total. The van der Waals surface area contributed by atoms with Gasteiger partial charge in [-0.25, -0.2) is 4.98 Å². The van der Waals surface area contributed by atoms with Crippen molar-refractivity contribution in [2.24, 2.45) is 12.0 Å². The van der Waals surface area contributed by atoms with E-state index in [1.54, 1.807) is 12.5 Å². The molecule has 0 radical (unpaired) electrons. The van der Waals surface area contributed by atoms with Crippen LogP contribution in [0.5, 0.6) is 5.75 Å². The Labute approximate surface area is 121 Å². The van der Waals surface area contributed by atoms with E-state index < -0.39 is 8.32 Å². The average Bonchev–Trinajstić information content (AvgIpc) is 2.72. The molecule has 0 spiro atoms. The molecule has 20 heavy (non-hydrogen) atoms. The first-order valence-corrected chi connectivity index (χ1v) is 10.1. The predicted molar refractivity (Wildman–Crippen MR) is 85.6 cm³/mol. The minimum atomic E-state index is -1.65. The number of aromatic nitrogens is 2. The van der Waals surface area contributed by atoms with Crippen molar-refractivity contribution < 1.29 is 4.43 Å². The normalized spacial score (nSPS) is 12.1. The second-order valence-electron chi connectivity index (χ2n) is 5.91. The highest BCUT2D eigenvalue weighted by Crippen LogP contribution is 2.30. The summed E-state index contributed by atoms with van der Waals surface area (Å²) in [6.45, 7) is 8.56. The maximum absolute atomic E-state index is 6.11. The SMILES string of the molecule is Cc1ccc(N=Cc2cn(C)cn2)c(O[Si](C)(C)C)c1. The summed E-state index contributed by atoms with van der Waals surface area (Å²) in [7, 11) is 0.290. The van der Waals surface area contributed by atoms with Gasteiger partial charge in [0.25, 0.3) is 0 Å². The molecule has 0 N–H and O–H groups in total. The zero-order valence-electron chi connectivity index (χ0n) is 12.7. The van der Waals surface area contributed by atoms with E-state index in [9.17, 15) is 0 Å². The third-order valence-electron chi connectivity index (χ3n) is 2.59. The predicted octanol–water partition coefficient (Wildman–Crippen LogP) is 3.69. The molecule has 2 aromatic rings. The summed E-state index contributed by atoms with van der Waals surface area (Å²) in [5.41, 5.74) is 2.87. The third kappa shape index (κ3) is 4.06. The van der Waals surface area contributed by atoms with E-state index in [1.165, 1.54) is 5.56 Å². The lowest BCUT2D eigenvalue weighted by molar-refractivity contribution is 0.558. The fourth-order valence-corrected chi connectivity index (χ4v) is 2.60. The molecule has 0 aliphatic rings. The van der Waals surface area contributed by atoms with Crippen LogP contribution in [0, 0.1) is 6.92 Å². The molecule has 0 atom stereocenters. The van der Waals surface area contributed by atoms with Gasteiger partial charge in [0.15, 0.2) is 0 Å². The first-order chi connectivity index (χ1) is 9.33. The summed E-state index contributed by atoms with van der Waals surface area (Å²) >= 11 is 0. The minimum absolute atomic E-state index is 0.840. The van der Waals surface area contributed by atoms with Crippen LogP contribution in [0.3, 0.4) is 0 Å². The molecule has 1 aromatic heterocycles. The number of rotatable bonds is 4. The van der Waals surface area contributed by atoms with Crippen molar-refractivity contribution in [1.82, 2.24) is 9.55 Å². The molecule has 5 heteroatoms. The molecule has 0 bridgehead atoms. The fourth-order valence-electron chi connectivity index (χ4n) is 1.78. The number of aryl methyl sites for hydroxylation is 2. The molecule has 0 saturated heterocycles. The first-order valence-electron chi connectivity index (χ1n) is 6.65. The number of aliphatic imine (C=N–C) groups is 1. The van der Waals surface area contributed by atoms with Gasteiger partial charge in [0.1, 0.15) is 11.4 Å². The highest BCUT2D eigenvalue weighted by Gasteiger charge is 2.18. The van der Waals surface area contributed by atoms with Crippen molar-refractivity contribution in [3.8, 4) is 5.75 Å². The number of benzene rings is 1. The van der Waals surface area contributed by atoms with Crippen LogP contribution in [0.1, 0.15) is 11.3 Å². The molecular formula is C15H21N3OSi. The van der Waals surface area contributed by atoms with Gasteiger partial charge >= 0.3 is 0 Å². The topological polar surface area (TPSA) is 39.4 Å². The Kier molecular flexibility index (Phi) is 4.08. The lowest BCUT2D eigenvalue weighted by Gasteiger charge is -2.20. The molecular weight excluding hydrogens is 266 g/mol. The highest BCUT2D eigenvalue weighted by atomic mass is 28.4. The van der Waals surface area contributed by atoms with Crippen molar-refractivity contribution >= 4 is 20.2 Å². The maximum atomic E-state index is 6.11. The second kappa shape index (κ2) is 5.62. The molecule has 0 unspecified atom stereocenters. The van der Waals surface area contributed by atoms with Gasteiger partial charge in [0.05, 0.1) is 18.2 Å². The Hall–Kier alpha value is -1.88. The smallest absolute Gasteiger partial charge is 0.242 e. The van der Waals surface area contributed by atoms with Gasteiger partial charge in [0.2, 0.25) is 8.32 Å². The molecule has 1 heterocycles. The van der Waals surface area contributed by atoms with Crippen LogP contribution in [0.25, 0.3) is 0 Å². The largest absolute Gasteiger partial charge is 0.543 e. The van der Waals surface area contributed by atoms with Gasteiger partial charge < -0.3 is 8.99 Å².